The average Bonchev–Trinajstić information content (AvgIpc) is 0.986. The molecule has 0 radical (unpaired) electrons. The van der Waals surface area contributed by atoms with Crippen molar-refractivity contribution in [2.24, 2.45) is 0 Å². The van der Waals surface area contributed by atoms with Crippen LogP contribution in [0.25, 0.3) is 0 Å². The topological polar surface area (TPSA) is 143 Å². The summed E-state index contributed by atoms with van der Waals surface area (Å²) in [6.07, 6.45) is 143. The minimum Gasteiger partial charge on any atom is -0.379 e. The van der Waals surface area contributed by atoms with E-state index in [2.05, 4.69) is 171 Å². The normalized spacial score (nSPS) is 12.8. The Morgan fingerprint density at radius 3 is 0.416 bits per heavy atom. The Balaban J connectivity index is -0.000000943. The Morgan fingerprint density at radius 2 is 0.292 bits per heavy atom. The van der Waals surface area contributed by atoms with Crippen LogP contribution in [-0.2, 0) is 33.0 Å². The summed E-state index contributed by atoms with van der Waals surface area (Å²) in [5.74, 6) is 0. The number of nitrogens with zero attached hydrogens (tertiary/aromatic N) is 3. The van der Waals surface area contributed by atoms with Crippen molar-refractivity contribution >= 4 is 7.82 Å². The fourth-order valence-corrected chi connectivity index (χ4v) is 17.5. The van der Waals surface area contributed by atoms with E-state index in [0.717, 1.165) is 79.1 Å². The highest BCUT2D eigenvalue weighted by atomic mass is 31.2. The van der Waals surface area contributed by atoms with Crippen LogP contribution < -0.4 is 0 Å². The Bertz CT molecular complexity index is 2140. The minimum atomic E-state index is -4.64. The summed E-state index contributed by atoms with van der Waals surface area (Å²) in [5, 5.41) is 0. The molecule has 0 aliphatic carbocycles. The molecule has 0 bridgehead atoms. The summed E-state index contributed by atoms with van der Waals surface area (Å²) in [6.45, 7) is 24.0. The first-order valence-corrected chi connectivity index (χ1v) is 61.9. The molecule has 0 aliphatic rings. The highest BCUT2D eigenvalue weighted by Crippen LogP contribution is 2.26. The Hall–Kier alpha value is -1.81. The summed E-state index contributed by atoms with van der Waals surface area (Å²) in [6, 6.07) is 0. The van der Waals surface area contributed by atoms with Gasteiger partial charge in [0.1, 0.15) is 0 Å². The third kappa shape index (κ3) is 145. The SMILES string of the molecule is CCCCCCCC/C=C\CCCCCCCCOCC(CN(C)C)OCCCCCCCC/C=C\CCCCCCCC.CCCCCCCC/C=C\CCCCCCCCOCC(CN(C)C)OCCCCCCCC/C=C\CCCCCCCC.CCCCCCCC/C=C\CCCCCCCCOCC(CN(C)C)OCCCCCCCC/C=C\CCCCCCCC.O=P(O)(O)O. The van der Waals surface area contributed by atoms with Crippen molar-refractivity contribution in [2.75, 3.05) is 121 Å². The van der Waals surface area contributed by atoms with Crippen molar-refractivity contribution in [3.8, 4) is 0 Å². The van der Waals surface area contributed by atoms with Crippen LogP contribution in [0.3, 0.4) is 0 Å². The number of rotatable bonds is 111. The van der Waals surface area contributed by atoms with E-state index in [1.807, 2.05) is 0 Å². The van der Waals surface area contributed by atoms with Gasteiger partial charge in [-0.1, -0.05) is 461 Å². The van der Waals surface area contributed by atoms with E-state index in [4.69, 9.17) is 47.7 Å². The molecule has 0 amide bonds. The van der Waals surface area contributed by atoms with Crippen LogP contribution in [0.2, 0.25) is 0 Å². The van der Waals surface area contributed by atoms with Crippen molar-refractivity contribution < 1.29 is 47.7 Å². The van der Waals surface area contributed by atoms with Crippen LogP contribution in [0.1, 0.15) is 581 Å². The molecule has 3 N–H and O–H groups in total. The zero-order valence-corrected chi connectivity index (χ0v) is 95.4. The largest absolute Gasteiger partial charge is 0.466 e. The average molecular weight is 1960 g/mol. The van der Waals surface area contributed by atoms with E-state index in [0.29, 0.717) is 0 Å². The predicted molar refractivity (Wildman–Crippen MR) is 608 cm³/mol. The monoisotopic (exact) mass is 1960 g/mol. The van der Waals surface area contributed by atoms with E-state index >= 15 is 0 Å². The molecule has 0 saturated heterocycles. The number of allylic oxidation sites excluding steroid dienone is 12. The molecule has 0 fully saturated rings. The number of hydrogen-bond acceptors (Lipinski definition) is 10. The lowest BCUT2D eigenvalue weighted by Gasteiger charge is -2.21. The smallest absolute Gasteiger partial charge is 0.379 e. The van der Waals surface area contributed by atoms with Gasteiger partial charge in [0.15, 0.2) is 0 Å². The molecule has 13 nitrogen and oxygen atoms in total. The van der Waals surface area contributed by atoms with Crippen LogP contribution in [0.5, 0.6) is 0 Å². The minimum absolute atomic E-state index is 0.197. The van der Waals surface area contributed by atoms with E-state index in [1.165, 1.54) is 539 Å². The van der Waals surface area contributed by atoms with Gasteiger partial charge in [-0.05, 0) is 235 Å². The van der Waals surface area contributed by atoms with Crippen molar-refractivity contribution in [3.05, 3.63) is 72.9 Å². The molecule has 0 rings (SSSR count). The van der Waals surface area contributed by atoms with Gasteiger partial charge >= 0.3 is 7.82 Å². The second-order valence-electron chi connectivity index (χ2n) is 41.6. The molecular formula is C123H246N3O10P. The first-order valence-electron chi connectivity index (χ1n) is 60.3. The fourth-order valence-electron chi connectivity index (χ4n) is 17.5. The number of hydrogen-bond donors (Lipinski definition) is 3. The van der Waals surface area contributed by atoms with Gasteiger partial charge in [0.2, 0.25) is 0 Å². The zero-order valence-electron chi connectivity index (χ0n) is 94.5. The predicted octanol–water partition coefficient (Wildman–Crippen LogP) is 38.1. The lowest BCUT2D eigenvalue weighted by atomic mass is 10.1. The fraction of sp³-hybridized carbons (Fsp3) is 0.902. The molecule has 137 heavy (non-hydrogen) atoms. The molecule has 0 aromatic rings. The van der Waals surface area contributed by atoms with Gasteiger partial charge in [-0.3, -0.25) is 0 Å². The molecule has 0 saturated carbocycles. The molecule has 14 heteroatoms. The van der Waals surface area contributed by atoms with E-state index in [9.17, 15) is 0 Å². The Morgan fingerprint density at radius 1 is 0.182 bits per heavy atom. The highest BCUT2D eigenvalue weighted by Gasteiger charge is 2.15. The van der Waals surface area contributed by atoms with Gasteiger partial charge in [0.25, 0.3) is 0 Å². The van der Waals surface area contributed by atoms with Gasteiger partial charge in [0.05, 0.1) is 38.1 Å². The van der Waals surface area contributed by atoms with Gasteiger partial charge in [0, 0.05) is 59.3 Å². The van der Waals surface area contributed by atoms with Gasteiger partial charge in [-0.15, -0.1) is 0 Å². The summed E-state index contributed by atoms with van der Waals surface area (Å²) in [4.78, 5) is 28.2. The Labute approximate surface area is 858 Å². The summed E-state index contributed by atoms with van der Waals surface area (Å²) in [7, 11) is 8.14. The third-order valence-corrected chi connectivity index (χ3v) is 26.0. The van der Waals surface area contributed by atoms with Crippen molar-refractivity contribution in [2.45, 2.75) is 599 Å². The van der Waals surface area contributed by atoms with E-state index in [-0.39, 0.29) is 18.3 Å². The van der Waals surface area contributed by atoms with Crippen LogP contribution in [-0.4, -0.2) is 169 Å². The molecule has 0 aliphatic heterocycles. The number of phosphoric acid groups is 1. The van der Waals surface area contributed by atoms with Gasteiger partial charge in [-0.25, -0.2) is 4.57 Å². The first-order chi connectivity index (χ1) is 67.1. The molecule has 0 aromatic carbocycles. The quantitative estimate of drug-likeness (QED) is 0.0302. The van der Waals surface area contributed by atoms with Gasteiger partial charge < -0.3 is 57.8 Å². The van der Waals surface area contributed by atoms with Crippen LogP contribution >= 0.6 is 7.82 Å². The number of likely N-dealkylation sites (N-methyl/N-ethyl adjacent to an activating group) is 3. The molecule has 3 unspecified atom stereocenters. The van der Waals surface area contributed by atoms with E-state index < -0.39 is 7.82 Å². The zero-order chi connectivity index (χ0) is 101. The lowest BCUT2D eigenvalue weighted by molar-refractivity contribution is -0.0288. The second-order valence-corrected chi connectivity index (χ2v) is 42.7. The summed E-state index contributed by atoms with van der Waals surface area (Å²) in [5.41, 5.74) is 0. The van der Waals surface area contributed by atoms with Crippen molar-refractivity contribution in [1.82, 2.24) is 14.7 Å². The number of unbranched alkanes of at least 4 members (excludes halogenated alkanes) is 72. The highest BCUT2D eigenvalue weighted by molar-refractivity contribution is 7.45. The molecule has 0 spiro atoms. The maximum absolute atomic E-state index is 8.88. The van der Waals surface area contributed by atoms with Crippen molar-refractivity contribution in [3.63, 3.8) is 0 Å². The van der Waals surface area contributed by atoms with Crippen LogP contribution in [0.15, 0.2) is 72.9 Å². The maximum atomic E-state index is 8.88. The molecule has 818 valence electrons. The van der Waals surface area contributed by atoms with E-state index in [1.54, 1.807) is 0 Å². The molecule has 0 aromatic heterocycles. The first kappa shape index (κ1) is 141. The van der Waals surface area contributed by atoms with Crippen LogP contribution in [0.4, 0.5) is 0 Å². The lowest BCUT2D eigenvalue weighted by Crippen LogP contribution is -2.32. The standard InChI is InChI=1S/3C41H81NO2.H3O4P/c3*1-5-7-9-11-13-15-17-19-21-23-25-27-29-31-33-35-37-43-40-41(39-42(3)4)44-38-36-34-32-30-28-26-24-22-20-18-16-14-12-10-8-6-2;1-5(2,3)4/h3*19-22,41H,5-18,23-40H2,1-4H3;(H3,1,2,3,4)/b3*21-19-,22-20-;. The molecule has 3 atom stereocenters. The van der Waals surface area contributed by atoms with Crippen LogP contribution in [0, 0.1) is 0 Å². The number of ether oxygens (including phenoxy) is 6. The summed E-state index contributed by atoms with van der Waals surface area (Å²) < 4.78 is 45.7. The maximum Gasteiger partial charge on any atom is 0.466 e. The third-order valence-electron chi connectivity index (χ3n) is 26.0. The molecular weight excluding hydrogens is 1710 g/mol. The second kappa shape index (κ2) is 128. The molecule has 0 heterocycles. The Kier molecular flexibility index (Phi) is 133. The van der Waals surface area contributed by atoms with Gasteiger partial charge in [-0.2, -0.15) is 0 Å². The summed E-state index contributed by atoms with van der Waals surface area (Å²) >= 11 is 0. The van der Waals surface area contributed by atoms with Crippen molar-refractivity contribution in [1.29, 1.82) is 0 Å².